The molecule has 2 aromatic rings. The lowest BCUT2D eigenvalue weighted by Crippen LogP contribution is -2.31. The van der Waals surface area contributed by atoms with Crippen LogP contribution in [0.4, 0.5) is 0 Å². The minimum absolute atomic E-state index is 0.0475. The Morgan fingerprint density at radius 1 is 1.41 bits per heavy atom. The highest BCUT2D eigenvalue weighted by Gasteiger charge is 2.26. The van der Waals surface area contributed by atoms with Crippen molar-refractivity contribution in [2.24, 2.45) is 0 Å². The van der Waals surface area contributed by atoms with Gasteiger partial charge in [-0.05, 0) is 25.3 Å². The highest BCUT2D eigenvalue weighted by atomic mass is 32.2. The second-order valence-corrected chi connectivity index (χ2v) is 6.87. The van der Waals surface area contributed by atoms with Crippen LogP contribution in [0.25, 0.3) is 0 Å². The summed E-state index contributed by atoms with van der Waals surface area (Å²) in [7, 11) is 0. The van der Waals surface area contributed by atoms with Gasteiger partial charge in [0, 0.05) is 11.8 Å². The van der Waals surface area contributed by atoms with Crippen molar-refractivity contribution in [1.29, 1.82) is 0 Å². The molecular weight excluding hydrogens is 296 g/mol. The van der Waals surface area contributed by atoms with Crippen molar-refractivity contribution in [2.45, 2.75) is 43.4 Å². The first-order chi connectivity index (χ1) is 10.7. The van der Waals surface area contributed by atoms with Crippen LogP contribution < -0.4 is 5.32 Å². The van der Waals surface area contributed by atoms with Gasteiger partial charge in [-0.15, -0.1) is 22.0 Å². The molecule has 1 N–H and O–H groups in total. The first-order valence-corrected chi connectivity index (χ1v) is 8.60. The van der Waals surface area contributed by atoms with E-state index in [4.69, 9.17) is 0 Å². The molecule has 1 atom stereocenters. The zero-order chi connectivity index (χ0) is 15.4. The fourth-order valence-corrected chi connectivity index (χ4v) is 3.10. The van der Waals surface area contributed by atoms with Crippen LogP contribution >= 0.6 is 11.8 Å². The second-order valence-electron chi connectivity index (χ2n) is 5.54. The van der Waals surface area contributed by atoms with Gasteiger partial charge in [-0.25, -0.2) is 0 Å². The summed E-state index contributed by atoms with van der Waals surface area (Å²) < 4.78 is 2.07. The van der Waals surface area contributed by atoms with Crippen molar-refractivity contribution >= 4 is 17.7 Å². The molecule has 116 valence electrons. The maximum Gasteiger partial charge on any atom is 0.233 e. The van der Waals surface area contributed by atoms with Gasteiger partial charge in [0.2, 0.25) is 5.91 Å². The maximum absolute atomic E-state index is 12.2. The molecule has 3 rings (SSSR count). The number of nitrogens with zero attached hydrogens (tertiary/aromatic N) is 3. The highest BCUT2D eigenvalue weighted by Crippen LogP contribution is 2.35. The molecule has 1 heterocycles. The molecule has 0 spiro atoms. The molecule has 1 aromatic carbocycles. The Labute approximate surface area is 134 Å². The van der Waals surface area contributed by atoms with Crippen LogP contribution in [0.2, 0.25) is 0 Å². The maximum atomic E-state index is 12.2. The second kappa shape index (κ2) is 6.96. The summed E-state index contributed by atoms with van der Waals surface area (Å²) in [5.41, 5.74) is 1.24. The van der Waals surface area contributed by atoms with Crippen LogP contribution in [0.5, 0.6) is 0 Å². The van der Waals surface area contributed by atoms with Crippen molar-refractivity contribution in [3.8, 4) is 0 Å². The molecule has 0 aliphatic heterocycles. The van der Waals surface area contributed by atoms with Crippen LogP contribution in [-0.2, 0) is 17.1 Å². The number of hydrogen-bond acceptors (Lipinski definition) is 4. The predicted octanol–water partition coefficient (Wildman–Crippen LogP) is 2.55. The van der Waals surface area contributed by atoms with Gasteiger partial charge in [0.05, 0.1) is 11.8 Å². The number of carbonyl (C=O) groups is 1. The molecule has 0 radical (unpaired) electrons. The molecule has 22 heavy (non-hydrogen) atoms. The lowest BCUT2D eigenvalue weighted by atomic mass is 10.2. The lowest BCUT2D eigenvalue weighted by Gasteiger charge is -2.12. The summed E-state index contributed by atoms with van der Waals surface area (Å²) in [6.45, 7) is 2.39. The Balaban J connectivity index is 1.45. The molecule has 0 unspecified atom stereocenters. The molecule has 1 aliphatic carbocycles. The Kier molecular flexibility index (Phi) is 4.77. The van der Waals surface area contributed by atoms with Crippen molar-refractivity contribution < 1.29 is 4.79 Å². The van der Waals surface area contributed by atoms with Gasteiger partial charge in [0.15, 0.2) is 5.82 Å². The van der Waals surface area contributed by atoms with E-state index in [1.165, 1.54) is 18.4 Å². The van der Waals surface area contributed by atoms with Crippen molar-refractivity contribution in [1.82, 2.24) is 20.1 Å². The number of aromatic nitrogens is 3. The van der Waals surface area contributed by atoms with Crippen molar-refractivity contribution in [3.05, 3.63) is 48.0 Å². The van der Waals surface area contributed by atoms with Crippen LogP contribution in [0, 0.1) is 0 Å². The van der Waals surface area contributed by atoms with E-state index in [0.29, 0.717) is 12.6 Å². The van der Waals surface area contributed by atoms with Crippen LogP contribution in [0.3, 0.4) is 0 Å². The quantitative estimate of drug-likeness (QED) is 0.853. The molecule has 1 aliphatic rings. The number of thioether (sulfide) groups is 1. The third-order valence-electron chi connectivity index (χ3n) is 3.72. The van der Waals surface area contributed by atoms with Crippen LogP contribution in [-0.4, -0.2) is 25.9 Å². The number of carbonyl (C=O) groups excluding carboxylic acids is 1. The summed E-state index contributed by atoms with van der Waals surface area (Å²) >= 11 is 1.64. The van der Waals surface area contributed by atoms with Gasteiger partial charge in [-0.2, -0.15) is 0 Å². The van der Waals surface area contributed by atoms with Gasteiger partial charge in [-0.1, -0.05) is 30.3 Å². The monoisotopic (exact) mass is 316 g/mol. The van der Waals surface area contributed by atoms with Crippen LogP contribution in [0.15, 0.2) is 36.7 Å². The largest absolute Gasteiger partial charge is 0.348 e. The van der Waals surface area contributed by atoms with E-state index >= 15 is 0 Å². The van der Waals surface area contributed by atoms with Crippen molar-refractivity contribution in [3.63, 3.8) is 0 Å². The number of amides is 1. The summed E-state index contributed by atoms with van der Waals surface area (Å²) in [4.78, 5) is 12.2. The topological polar surface area (TPSA) is 59.8 Å². The van der Waals surface area contributed by atoms with E-state index in [2.05, 4.69) is 32.2 Å². The molecule has 1 saturated carbocycles. The van der Waals surface area contributed by atoms with E-state index < -0.39 is 0 Å². The normalized spacial score (nSPS) is 15.5. The summed E-state index contributed by atoms with van der Waals surface area (Å²) in [5, 5.41) is 10.9. The lowest BCUT2D eigenvalue weighted by molar-refractivity contribution is -0.120. The summed E-state index contributed by atoms with van der Waals surface area (Å²) in [5.74, 6) is 1.73. The predicted molar refractivity (Wildman–Crippen MR) is 87.3 cm³/mol. The van der Waals surface area contributed by atoms with E-state index in [-0.39, 0.29) is 11.2 Å². The molecule has 0 bridgehead atoms. The van der Waals surface area contributed by atoms with Gasteiger partial charge < -0.3 is 9.88 Å². The first-order valence-electron chi connectivity index (χ1n) is 7.55. The number of nitrogens with one attached hydrogen (secondary N) is 1. The third kappa shape index (κ3) is 3.88. The Morgan fingerprint density at radius 2 is 2.18 bits per heavy atom. The number of benzene rings is 1. The van der Waals surface area contributed by atoms with Crippen LogP contribution in [0.1, 0.15) is 37.2 Å². The molecule has 0 saturated heterocycles. The number of rotatable bonds is 7. The highest BCUT2D eigenvalue weighted by molar-refractivity contribution is 7.99. The van der Waals surface area contributed by atoms with Gasteiger partial charge in [-0.3, -0.25) is 4.79 Å². The van der Waals surface area contributed by atoms with E-state index in [1.807, 2.05) is 25.1 Å². The van der Waals surface area contributed by atoms with Gasteiger partial charge >= 0.3 is 0 Å². The Morgan fingerprint density at radius 3 is 2.91 bits per heavy atom. The minimum Gasteiger partial charge on any atom is -0.348 e. The standard InChI is InChI=1S/C16H20N4OS/c1-12(22-10-13-5-3-2-4-6-13)16(21)17-9-15-19-18-11-20(15)14-7-8-14/h2-6,11-12,14H,7-10H2,1H3,(H,17,21)/t12-/m0/s1. The molecule has 1 fully saturated rings. The first kappa shape index (κ1) is 15.1. The minimum atomic E-state index is -0.0856. The van der Waals surface area contributed by atoms with E-state index in [9.17, 15) is 4.79 Å². The summed E-state index contributed by atoms with van der Waals surface area (Å²) in [6, 6.07) is 10.7. The smallest absolute Gasteiger partial charge is 0.233 e. The molecule has 6 heteroatoms. The fraction of sp³-hybridized carbons (Fsp3) is 0.438. The Bertz CT molecular complexity index is 624. The van der Waals surface area contributed by atoms with Gasteiger partial charge in [0.25, 0.3) is 0 Å². The summed E-state index contributed by atoms with van der Waals surface area (Å²) in [6.07, 6.45) is 4.12. The van der Waals surface area contributed by atoms with Crippen molar-refractivity contribution in [2.75, 3.05) is 0 Å². The molecular formula is C16H20N4OS. The fourth-order valence-electron chi connectivity index (χ4n) is 2.23. The molecule has 5 nitrogen and oxygen atoms in total. The zero-order valence-electron chi connectivity index (χ0n) is 12.6. The average Bonchev–Trinajstić information content (AvgIpc) is 3.29. The average molecular weight is 316 g/mol. The zero-order valence-corrected chi connectivity index (χ0v) is 13.4. The van der Waals surface area contributed by atoms with E-state index in [1.54, 1.807) is 18.1 Å². The molecule has 1 aromatic heterocycles. The SMILES string of the molecule is C[C@H](SCc1ccccc1)C(=O)NCc1nncn1C1CC1. The third-order valence-corrected chi connectivity index (χ3v) is 4.93. The Hall–Kier alpha value is -1.82. The van der Waals surface area contributed by atoms with E-state index in [0.717, 1.165) is 11.6 Å². The van der Waals surface area contributed by atoms with Gasteiger partial charge in [0.1, 0.15) is 6.33 Å². The molecule has 1 amide bonds. The number of hydrogen-bond donors (Lipinski definition) is 1.